The monoisotopic (exact) mass is 362 g/mol. The molecule has 8 heteroatoms. The van der Waals surface area contributed by atoms with Crippen LogP contribution in [0.3, 0.4) is 0 Å². The van der Waals surface area contributed by atoms with Crippen LogP contribution in [-0.4, -0.2) is 82.2 Å². The van der Waals surface area contributed by atoms with E-state index in [0.717, 1.165) is 26.2 Å². The summed E-state index contributed by atoms with van der Waals surface area (Å²) in [5, 5.41) is 6.92. The largest absolute Gasteiger partial charge is 0.341 e. The van der Waals surface area contributed by atoms with Gasteiger partial charge in [0.2, 0.25) is 5.91 Å². The van der Waals surface area contributed by atoms with E-state index < -0.39 is 0 Å². The van der Waals surface area contributed by atoms with E-state index in [1.54, 1.807) is 28.9 Å². The van der Waals surface area contributed by atoms with Crippen LogP contribution >= 0.6 is 0 Å². The highest BCUT2D eigenvalue weighted by atomic mass is 16.2. The van der Waals surface area contributed by atoms with Crippen LogP contribution in [0.4, 0.5) is 10.6 Å². The molecule has 0 aliphatic carbocycles. The highest BCUT2D eigenvalue weighted by Crippen LogP contribution is 2.21. The van der Waals surface area contributed by atoms with Gasteiger partial charge in [0.15, 0.2) is 0 Å². The molecular weight excluding hydrogens is 332 g/mol. The molecule has 2 unspecified atom stereocenters. The smallest absolute Gasteiger partial charge is 0.323 e. The number of anilines is 1. The summed E-state index contributed by atoms with van der Waals surface area (Å²) in [4.78, 5) is 30.9. The average molecular weight is 362 g/mol. The fraction of sp³-hybridized carbons (Fsp3) is 0.722. The summed E-state index contributed by atoms with van der Waals surface area (Å²) in [6.07, 6.45) is 2.86. The first-order valence-corrected chi connectivity index (χ1v) is 9.46. The summed E-state index contributed by atoms with van der Waals surface area (Å²) in [7, 11) is 1.79. The number of rotatable bonds is 3. The van der Waals surface area contributed by atoms with Crippen molar-refractivity contribution in [1.29, 1.82) is 0 Å². The van der Waals surface area contributed by atoms with Gasteiger partial charge >= 0.3 is 6.03 Å². The molecule has 2 aliphatic rings. The van der Waals surface area contributed by atoms with Crippen LogP contribution < -0.4 is 5.32 Å². The second kappa shape index (κ2) is 8.07. The van der Waals surface area contributed by atoms with Gasteiger partial charge in [0.1, 0.15) is 5.82 Å². The first kappa shape index (κ1) is 18.7. The van der Waals surface area contributed by atoms with Crippen molar-refractivity contribution >= 4 is 17.8 Å². The quantitative estimate of drug-likeness (QED) is 0.873. The van der Waals surface area contributed by atoms with Gasteiger partial charge in [0.05, 0.1) is 12.7 Å². The van der Waals surface area contributed by atoms with E-state index in [1.807, 2.05) is 4.90 Å². The van der Waals surface area contributed by atoms with Crippen molar-refractivity contribution in [3.63, 3.8) is 0 Å². The Morgan fingerprint density at radius 1 is 1.12 bits per heavy atom. The van der Waals surface area contributed by atoms with E-state index in [1.165, 1.54) is 6.42 Å². The lowest BCUT2D eigenvalue weighted by Crippen LogP contribution is -2.53. The van der Waals surface area contributed by atoms with Crippen molar-refractivity contribution in [2.45, 2.75) is 20.3 Å². The summed E-state index contributed by atoms with van der Waals surface area (Å²) >= 11 is 0. The molecule has 0 aromatic carbocycles. The minimum absolute atomic E-state index is 0.113. The van der Waals surface area contributed by atoms with Gasteiger partial charge < -0.3 is 9.80 Å². The van der Waals surface area contributed by atoms with Crippen molar-refractivity contribution in [1.82, 2.24) is 24.5 Å². The number of hydrogen-bond acceptors (Lipinski definition) is 4. The molecule has 3 amide bonds. The van der Waals surface area contributed by atoms with Crippen molar-refractivity contribution in [3.05, 3.63) is 12.3 Å². The third kappa shape index (κ3) is 4.55. The molecule has 0 spiro atoms. The van der Waals surface area contributed by atoms with Crippen LogP contribution in [0.15, 0.2) is 12.3 Å². The number of carbonyl (C=O) groups excluding carboxylic acids is 2. The molecule has 2 fully saturated rings. The van der Waals surface area contributed by atoms with Crippen molar-refractivity contribution in [2.24, 2.45) is 18.9 Å². The predicted molar refractivity (Wildman–Crippen MR) is 99.8 cm³/mol. The zero-order valence-electron chi connectivity index (χ0n) is 16.0. The van der Waals surface area contributed by atoms with Crippen LogP contribution in [-0.2, 0) is 11.8 Å². The molecule has 2 saturated heterocycles. The number of piperidine rings is 1. The standard InChI is InChI=1S/C18H30N6O2/c1-14-10-15(2)12-24(11-14)17(25)13-22-6-8-23(9-7-22)18(26)20-16-4-5-19-21(16)3/h4-5,14-15H,6-13H2,1-3H3,(H,20,26). The topological polar surface area (TPSA) is 73.7 Å². The summed E-state index contributed by atoms with van der Waals surface area (Å²) in [6, 6.07) is 1.66. The summed E-state index contributed by atoms with van der Waals surface area (Å²) in [6.45, 7) is 9.34. The minimum atomic E-state index is -0.113. The lowest BCUT2D eigenvalue weighted by molar-refractivity contribution is -0.135. The lowest BCUT2D eigenvalue weighted by atomic mass is 9.92. The van der Waals surface area contributed by atoms with Gasteiger partial charge in [-0.2, -0.15) is 5.10 Å². The Morgan fingerprint density at radius 3 is 2.35 bits per heavy atom. The number of aromatic nitrogens is 2. The van der Waals surface area contributed by atoms with Gasteiger partial charge in [-0.05, 0) is 18.3 Å². The van der Waals surface area contributed by atoms with Gasteiger partial charge in [-0.3, -0.25) is 19.7 Å². The van der Waals surface area contributed by atoms with Gasteiger partial charge in [0, 0.05) is 52.4 Å². The van der Waals surface area contributed by atoms with Crippen LogP contribution in [0, 0.1) is 11.8 Å². The van der Waals surface area contributed by atoms with Gasteiger partial charge in [-0.1, -0.05) is 13.8 Å². The highest BCUT2D eigenvalue weighted by Gasteiger charge is 2.28. The van der Waals surface area contributed by atoms with E-state index in [4.69, 9.17) is 0 Å². The fourth-order valence-corrected chi connectivity index (χ4v) is 3.95. The Balaban J connectivity index is 1.44. The zero-order valence-corrected chi connectivity index (χ0v) is 16.0. The Morgan fingerprint density at radius 2 is 1.77 bits per heavy atom. The molecule has 1 aromatic rings. The number of nitrogens with zero attached hydrogens (tertiary/aromatic N) is 5. The van der Waals surface area contributed by atoms with Gasteiger partial charge in [-0.25, -0.2) is 4.79 Å². The highest BCUT2D eigenvalue weighted by molar-refractivity contribution is 5.88. The van der Waals surface area contributed by atoms with Crippen molar-refractivity contribution < 1.29 is 9.59 Å². The van der Waals surface area contributed by atoms with Crippen LogP contribution in [0.2, 0.25) is 0 Å². The number of amides is 3. The number of hydrogen-bond donors (Lipinski definition) is 1. The maximum absolute atomic E-state index is 12.6. The first-order valence-electron chi connectivity index (χ1n) is 9.46. The minimum Gasteiger partial charge on any atom is -0.341 e. The lowest BCUT2D eigenvalue weighted by Gasteiger charge is -2.38. The summed E-state index contributed by atoms with van der Waals surface area (Å²) in [5.74, 6) is 2.06. The molecule has 2 atom stereocenters. The molecule has 1 aromatic heterocycles. The Labute approximate surface area is 155 Å². The molecule has 3 heterocycles. The number of piperazine rings is 1. The SMILES string of the molecule is CC1CC(C)CN(C(=O)CN2CCN(C(=O)Nc3ccnn3C)CC2)C1. The molecule has 0 bridgehead atoms. The first-order chi connectivity index (χ1) is 12.4. The van der Waals surface area contributed by atoms with E-state index in [9.17, 15) is 9.59 Å². The molecule has 1 N–H and O–H groups in total. The number of carbonyl (C=O) groups is 2. The van der Waals surface area contributed by atoms with E-state index in [-0.39, 0.29) is 11.9 Å². The molecule has 8 nitrogen and oxygen atoms in total. The molecule has 0 radical (unpaired) electrons. The summed E-state index contributed by atoms with van der Waals surface area (Å²) < 4.78 is 1.63. The maximum Gasteiger partial charge on any atom is 0.323 e. The number of urea groups is 1. The predicted octanol–water partition coefficient (Wildman–Crippen LogP) is 1.07. The van der Waals surface area contributed by atoms with E-state index in [2.05, 4.69) is 29.2 Å². The van der Waals surface area contributed by atoms with E-state index in [0.29, 0.717) is 37.3 Å². The molecule has 0 saturated carbocycles. The molecule has 26 heavy (non-hydrogen) atoms. The van der Waals surface area contributed by atoms with Crippen LogP contribution in [0.1, 0.15) is 20.3 Å². The Bertz CT molecular complexity index is 627. The number of nitrogens with one attached hydrogen (secondary N) is 1. The number of aryl methyl sites for hydroxylation is 1. The maximum atomic E-state index is 12.6. The number of likely N-dealkylation sites (tertiary alicyclic amines) is 1. The third-order valence-corrected chi connectivity index (χ3v) is 5.30. The zero-order chi connectivity index (χ0) is 18.7. The Hall–Kier alpha value is -2.09. The van der Waals surface area contributed by atoms with Gasteiger partial charge in [-0.15, -0.1) is 0 Å². The molecular formula is C18H30N6O2. The van der Waals surface area contributed by atoms with Crippen LogP contribution in [0.25, 0.3) is 0 Å². The molecule has 2 aliphatic heterocycles. The second-order valence-electron chi connectivity index (χ2n) is 7.78. The Kier molecular flexibility index (Phi) is 5.80. The van der Waals surface area contributed by atoms with Crippen molar-refractivity contribution in [3.8, 4) is 0 Å². The van der Waals surface area contributed by atoms with Gasteiger partial charge in [0.25, 0.3) is 0 Å². The normalized spacial score (nSPS) is 24.6. The van der Waals surface area contributed by atoms with E-state index >= 15 is 0 Å². The van der Waals surface area contributed by atoms with Crippen LogP contribution in [0.5, 0.6) is 0 Å². The second-order valence-corrected chi connectivity index (χ2v) is 7.78. The fourth-order valence-electron chi connectivity index (χ4n) is 3.95. The third-order valence-electron chi connectivity index (χ3n) is 5.30. The molecule has 144 valence electrons. The molecule has 3 rings (SSSR count). The summed E-state index contributed by atoms with van der Waals surface area (Å²) in [5.41, 5.74) is 0. The van der Waals surface area contributed by atoms with Crippen molar-refractivity contribution in [2.75, 3.05) is 51.1 Å². The average Bonchev–Trinajstić information content (AvgIpc) is 2.99.